The van der Waals surface area contributed by atoms with Gasteiger partial charge in [0.05, 0.1) is 5.52 Å². The molecule has 3 aromatic rings. The number of piperazine rings is 1. The minimum atomic E-state index is 0.224. The van der Waals surface area contributed by atoms with Crippen LogP contribution in [0.3, 0.4) is 0 Å². The van der Waals surface area contributed by atoms with Gasteiger partial charge in [-0.1, -0.05) is 12.0 Å². The Balaban J connectivity index is 1.14. The van der Waals surface area contributed by atoms with Crippen molar-refractivity contribution in [3.63, 3.8) is 0 Å². The lowest BCUT2D eigenvalue weighted by Crippen LogP contribution is -2.56. The number of aromatic nitrogens is 3. The summed E-state index contributed by atoms with van der Waals surface area (Å²) in [5.74, 6) is 3.81. The van der Waals surface area contributed by atoms with Crippen molar-refractivity contribution in [2.45, 2.75) is 37.9 Å². The van der Waals surface area contributed by atoms with Gasteiger partial charge in [-0.05, 0) is 42.7 Å². The summed E-state index contributed by atoms with van der Waals surface area (Å²) in [6.45, 7) is 2.92. The van der Waals surface area contributed by atoms with Crippen molar-refractivity contribution in [3.05, 3.63) is 60.0 Å². The fraction of sp³-hybridized carbons (Fsp3) is 0.375. The van der Waals surface area contributed by atoms with Crippen LogP contribution >= 0.6 is 0 Å². The Hall–Kier alpha value is -3.37. The summed E-state index contributed by atoms with van der Waals surface area (Å²) < 4.78 is 1.87. The number of carbonyl (C=O) groups is 1. The Morgan fingerprint density at radius 3 is 2.77 bits per heavy atom. The Labute approximate surface area is 182 Å². The molecule has 3 aromatic heterocycles. The fourth-order valence-electron chi connectivity index (χ4n) is 4.84. The average Bonchev–Trinajstić information content (AvgIpc) is 3.39. The smallest absolute Gasteiger partial charge is 0.223 e. The van der Waals surface area contributed by atoms with Gasteiger partial charge < -0.3 is 15.1 Å². The molecular weight excluding hydrogens is 388 g/mol. The molecule has 7 heteroatoms. The molecule has 158 valence electrons. The molecular formula is C24H26N6O. The van der Waals surface area contributed by atoms with E-state index in [0.717, 1.165) is 49.4 Å². The number of fused-ring (bicyclic) bond motifs is 3. The summed E-state index contributed by atoms with van der Waals surface area (Å²) in [4.78, 5) is 21.8. The highest BCUT2D eigenvalue weighted by atomic mass is 16.2. The molecule has 0 aromatic carbocycles. The van der Waals surface area contributed by atoms with Crippen LogP contribution in [0, 0.1) is 12.3 Å². The van der Waals surface area contributed by atoms with Gasteiger partial charge in [0, 0.05) is 68.8 Å². The van der Waals surface area contributed by atoms with Crippen LogP contribution in [0.2, 0.25) is 0 Å². The molecule has 1 N–H and O–H groups in total. The van der Waals surface area contributed by atoms with Crippen LogP contribution in [-0.2, 0) is 11.3 Å². The minimum Gasteiger partial charge on any atom is -0.347 e. The van der Waals surface area contributed by atoms with Gasteiger partial charge >= 0.3 is 0 Å². The third kappa shape index (κ3) is 3.87. The van der Waals surface area contributed by atoms with Crippen LogP contribution < -0.4 is 10.2 Å². The third-order valence-electron chi connectivity index (χ3n) is 6.37. The Kier molecular flexibility index (Phi) is 5.31. The second-order valence-corrected chi connectivity index (χ2v) is 8.26. The van der Waals surface area contributed by atoms with Gasteiger partial charge in [-0.15, -0.1) is 6.42 Å². The van der Waals surface area contributed by atoms with Crippen molar-refractivity contribution >= 4 is 17.2 Å². The second kappa shape index (κ2) is 8.40. The van der Waals surface area contributed by atoms with E-state index in [1.807, 2.05) is 39.9 Å². The highest BCUT2D eigenvalue weighted by molar-refractivity contribution is 5.77. The van der Waals surface area contributed by atoms with Crippen molar-refractivity contribution in [2.75, 3.05) is 24.5 Å². The highest BCUT2D eigenvalue weighted by Crippen LogP contribution is 2.34. The number of pyridine rings is 2. The summed E-state index contributed by atoms with van der Waals surface area (Å²) in [5.41, 5.74) is 3.07. The Bertz CT molecular complexity index is 1100. The standard InChI is InChI=1S/C24H26N6O/c1-2-18-5-8-23(26-14-18)30-20-6-7-21(30)17-28(16-20)24(31)10-11-25-15-19-4-3-13-29-22(19)9-12-27-29/h1,3-5,8-9,12-14,20-21,25H,6-7,10-11,15-17H2. The van der Waals surface area contributed by atoms with E-state index >= 15 is 0 Å². The molecule has 2 aliphatic heterocycles. The molecule has 1 amide bonds. The number of hydrogen-bond donors (Lipinski definition) is 1. The van der Waals surface area contributed by atoms with Gasteiger partial charge in [-0.25, -0.2) is 9.50 Å². The van der Waals surface area contributed by atoms with E-state index in [1.54, 1.807) is 12.4 Å². The first kappa shape index (κ1) is 19.6. The van der Waals surface area contributed by atoms with E-state index < -0.39 is 0 Å². The summed E-state index contributed by atoms with van der Waals surface area (Å²) in [6.07, 6.45) is 13.6. The molecule has 0 spiro atoms. The maximum atomic E-state index is 12.8. The third-order valence-corrected chi connectivity index (χ3v) is 6.37. The summed E-state index contributed by atoms with van der Waals surface area (Å²) >= 11 is 0. The summed E-state index contributed by atoms with van der Waals surface area (Å²) in [6, 6.07) is 10.7. The molecule has 5 heterocycles. The zero-order chi connectivity index (χ0) is 21.2. The number of hydrogen-bond acceptors (Lipinski definition) is 5. The zero-order valence-corrected chi connectivity index (χ0v) is 17.4. The molecule has 2 atom stereocenters. The first-order valence-electron chi connectivity index (χ1n) is 10.8. The lowest BCUT2D eigenvalue weighted by molar-refractivity contribution is -0.132. The van der Waals surface area contributed by atoms with E-state index in [9.17, 15) is 4.79 Å². The fourth-order valence-corrected chi connectivity index (χ4v) is 4.84. The van der Waals surface area contributed by atoms with Crippen molar-refractivity contribution in [1.82, 2.24) is 24.8 Å². The number of likely N-dealkylation sites (tertiary alicyclic amines) is 1. The van der Waals surface area contributed by atoms with Crippen molar-refractivity contribution in [2.24, 2.45) is 0 Å². The SMILES string of the molecule is C#Cc1ccc(N2C3CCC2CN(C(=O)CCNCc2cccn4nccc24)C3)nc1. The molecule has 0 aliphatic carbocycles. The van der Waals surface area contributed by atoms with Gasteiger partial charge in [0.25, 0.3) is 0 Å². The van der Waals surface area contributed by atoms with Gasteiger partial charge in [0.1, 0.15) is 5.82 Å². The summed E-state index contributed by atoms with van der Waals surface area (Å²) in [7, 11) is 0. The predicted molar refractivity (Wildman–Crippen MR) is 120 cm³/mol. The van der Waals surface area contributed by atoms with Gasteiger partial charge in [-0.2, -0.15) is 5.10 Å². The van der Waals surface area contributed by atoms with E-state index in [0.29, 0.717) is 25.0 Å². The number of nitrogens with zero attached hydrogens (tertiary/aromatic N) is 5. The van der Waals surface area contributed by atoms with Crippen LogP contribution in [0.15, 0.2) is 48.9 Å². The first-order chi connectivity index (χ1) is 15.2. The molecule has 2 bridgehead atoms. The second-order valence-electron chi connectivity index (χ2n) is 8.26. The largest absolute Gasteiger partial charge is 0.347 e. The van der Waals surface area contributed by atoms with E-state index in [2.05, 4.69) is 32.3 Å². The zero-order valence-electron chi connectivity index (χ0n) is 17.4. The lowest BCUT2D eigenvalue weighted by Gasteiger charge is -2.41. The monoisotopic (exact) mass is 414 g/mol. The van der Waals surface area contributed by atoms with Crippen LogP contribution in [0.25, 0.3) is 5.52 Å². The molecule has 0 saturated carbocycles. The molecule has 0 radical (unpaired) electrons. The molecule has 2 aliphatic rings. The quantitative estimate of drug-likeness (QED) is 0.494. The molecule has 2 unspecified atom stereocenters. The van der Waals surface area contributed by atoms with Crippen molar-refractivity contribution < 1.29 is 4.79 Å². The van der Waals surface area contributed by atoms with Crippen LogP contribution in [0.4, 0.5) is 5.82 Å². The molecule has 31 heavy (non-hydrogen) atoms. The number of terminal acetylenes is 1. The highest BCUT2D eigenvalue weighted by Gasteiger charge is 2.41. The Morgan fingerprint density at radius 2 is 2.03 bits per heavy atom. The van der Waals surface area contributed by atoms with Crippen LogP contribution in [0.5, 0.6) is 0 Å². The number of rotatable bonds is 6. The lowest BCUT2D eigenvalue weighted by atomic mass is 10.1. The molecule has 5 rings (SSSR count). The van der Waals surface area contributed by atoms with Crippen LogP contribution in [-0.4, -0.2) is 57.1 Å². The first-order valence-corrected chi connectivity index (χ1v) is 10.8. The molecule has 2 saturated heterocycles. The normalized spacial score (nSPS) is 20.2. The number of amides is 1. The molecule has 7 nitrogen and oxygen atoms in total. The minimum absolute atomic E-state index is 0.224. The molecule has 2 fully saturated rings. The average molecular weight is 415 g/mol. The van der Waals surface area contributed by atoms with E-state index in [-0.39, 0.29) is 5.91 Å². The van der Waals surface area contributed by atoms with E-state index in [4.69, 9.17) is 6.42 Å². The maximum absolute atomic E-state index is 12.8. The number of carbonyl (C=O) groups excluding carboxylic acids is 1. The van der Waals surface area contributed by atoms with Gasteiger partial charge in [0.2, 0.25) is 5.91 Å². The van der Waals surface area contributed by atoms with Crippen LogP contribution in [0.1, 0.15) is 30.4 Å². The van der Waals surface area contributed by atoms with E-state index in [1.165, 1.54) is 5.56 Å². The predicted octanol–water partition coefficient (Wildman–Crippen LogP) is 2.07. The number of nitrogens with one attached hydrogen (secondary N) is 1. The Morgan fingerprint density at radius 1 is 1.19 bits per heavy atom. The van der Waals surface area contributed by atoms with Gasteiger partial charge in [-0.3, -0.25) is 4.79 Å². The number of anilines is 1. The summed E-state index contributed by atoms with van der Waals surface area (Å²) in [5, 5.41) is 7.68. The maximum Gasteiger partial charge on any atom is 0.223 e. The van der Waals surface area contributed by atoms with Crippen molar-refractivity contribution in [1.29, 1.82) is 0 Å². The van der Waals surface area contributed by atoms with Crippen molar-refractivity contribution in [3.8, 4) is 12.3 Å². The van der Waals surface area contributed by atoms with Gasteiger partial charge in [0.15, 0.2) is 0 Å². The topological polar surface area (TPSA) is 65.8 Å².